The summed E-state index contributed by atoms with van der Waals surface area (Å²) in [6, 6.07) is 51.9. The first-order valence-corrected chi connectivity index (χ1v) is 19.7. The summed E-state index contributed by atoms with van der Waals surface area (Å²) in [6.45, 7) is -0.152. The summed E-state index contributed by atoms with van der Waals surface area (Å²) in [4.78, 5) is 26.6. The second-order valence-electron chi connectivity index (χ2n) is 13.3. The van der Waals surface area contributed by atoms with Gasteiger partial charge >= 0.3 is 11.9 Å². The number of hydrogen-bond donors (Lipinski definition) is 2. The molecule has 9 heteroatoms. The van der Waals surface area contributed by atoms with Crippen LogP contribution in [0.1, 0.15) is 21.5 Å². The van der Waals surface area contributed by atoms with E-state index in [4.69, 9.17) is 11.6 Å². The number of rotatable bonds is 13. The molecule has 0 fully saturated rings. The van der Waals surface area contributed by atoms with Gasteiger partial charge in [-0.05, 0) is 80.9 Å². The minimum absolute atomic E-state index is 0.0496. The summed E-state index contributed by atoms with van der Waals surface area (Å²) in [6.07, 6.45) is 0.206. The van der Waals surface area contributed by atoms with Crippen molar-refractivity contribution in [2.24, 2.45) is 5.92 Å². The number of sulfonamides is 1. The predicted molar refractivity (Wildman–Crippen MR) is 218 cm³/mol. The number of primary amides is 1. The van der Waals surface area contributed by atoms with Gasteiger partial charge in [-0.2, -0.15) is 0 Å². The van der Waals surface area contributed by atoms with E-state index in [1.54, 1.807) is 30.3 Å². The van der Waals surface area contributed by atoms with Crippen molar-refractivity contribution in [3.05, 3.63) is 192 Å². The lowest BCUT2D eigenvalue weighted by molar-refractivity contribution is -0.560. The number of nitrogens with two attached hydrogens (primary N) is 1. The first kappa shape index (κ1) is 37.3. The monoisotopic (exact) mass is 765 g/mol. The molecule has 0 aliphatic carbocycles. The van der Waals surface area contributed by atoms with Crippen LogP contribution in [0.15, 0.2) is 175 Å². The molecule has 7 nitrogen and oxygen atoms in total. The third-order valence-electron chi connectivity index (χ3n) is 9.72. The molecule has 7 rings (SSSR count). The van der Waals surface area contributed by atoms with Gasteiger partial charge in [-0.3, -0.25) is 14.4 Å². The van der Waals surface area contributed by atoms with Crippen LogP contribution in [0.3, 0.4) is 0 Å². The van der Waals surface area contributed by atoms with Crippen LogP contribution in [0.25, 0.3) is 33.0 Å². The van der Waals surface area contributed by atoms with E-state index in [2.05, 4.69) is 0 Å². The first-order valence-electron chi connectivity index (χ1n) is 17.9. The minimum atomic E-state index is -4.27. The smallest absolute Gasteiger partial charge is 0.344 e. The van der Waals surface area contributed by atoms with E-state index in [1.165, 1.54) is 21.8 Å². The zero-order valence-electron chi connectivity index (χ0n) is 29.8. The number of anilines is 1. The Labute approximate surface area is 325 Å². The van der Waals surface area contributed by atoms with Crippen LogP contribution in [-0.2, 0) is 27.8 Å². The second kappa shape index (κ2) is 16.5. The summed E-state index contributed by atoms with van der Waals surface area (Å²) < 4.78 is 30.7. The standard InChI is InChI=1S/C46H37ClN2O5S/c47-40-24-27-44(43(29-40)45(50)48-30-39(46(51)52)28-32-18-20-35(21-19-32)33-10-3-1-4-11-33)49(31-38-16-9-15-37-14-7-8-17-42(37)38)55(53,54)41-25-22-36(23-26-41)34-12-5-2-6-13-34/h1-27,29,39H,28,30-31H2,(H,48,50)(H,51,52)/p+1. The molecule has 0 aliphatic rings. The molecular formula is C46H38ClN2O5S+. The lowest BCUT2D eigenvalue weighted by Gasteiger charge is -2.27. The Morgan fingerprint density at radius 3 is 1.85 bits per heavy atom. The topological polar surface area (TPSA) is 108 Å². The molecule has 55 heavy (non-hydrogen) atoms. The van der Waals surface area contributed by atoms with Crippen LogP contribution in [0.2, 0.25) is 5.02 Å². The summed E-state index contributed by atoms with van der Waals surface area (Å²) in [5, 5.41) is 13.6. The summed E-state index contributed by atoms with van der Waals surface area (Å²) >= 11 is 6.46. The van der Waals surface area contributed by atoms with Crippen molar-refractivity contribution < 1.29 is 28.4 Å². The Kier molecular flexibility index (Phi) is 11.2. The number of carboxylic acid groups (broad SMARTS) is 1. The fourth-order valence-electron chi connectivity index (χ4n) is 6.76. The molecule has 274 valence electrons. The highest BCUT2D eigenvalue weighted by molar-refractivity contribution is 7.92. The number of benzene rings is 7. The second-order valence-corrected chi connectivity index (χ2v) is 15.6. The first-order chi connectivity index (χ1) is 26.7. The predicted octanol–water partition coefficient (Wildman–Crippen LogP) is 8.87. The molecule has 0 radical (unpaired) electrons. The van der Waals surface area contributed by atoms with Gasteiger partial charge in [0.15, 0.2) is 0 Å². The number of nitrogens with zero attached hydrogens (tertiary/aromatic N) is 1. The van der Waals surface area contributed by atoms with E-state index in [-0.39, 0.29) is 40.7 Å². The van der Waals surface area contributed by atoms with Crippen molar-refractivity contribution in [2.45, 2.75) is 17.9 Å². The Morgan fingerprint density at radius 2 is 1.22 bits per heavy atom. The Bertz CT molecular complexity index is 2560. The van der Waals surface area contributed by atoms with Crippen LogP contribution in [0.4, 0.5) is 5.69 Å². The normalized spacial score (nSPS) is 11.9. The molecule has 0 aliphatic heterocycles. The van der Waals surface area contributed by atoms with Crippen molar-refractivity contribution in [1.29, 1.82) is 0 Å². The Hall–Kier alpha value is -6.06. The van der Waals surface area contributed by atoms with Crippen molar-refractivity contribution in [3.63, 3.8) is 0 Å². The molecule has 0 aromatic heterocycles. The van der Waals surface area contributed by atoms with E-state index in [0.29, 0.717) is 0 Å². The van der Waals surface area contributed by atoms with E-state index in [0.717, 1.165) is 44.2 Å². The van der Waals surface area contributed by atoms with Crippen molar-refractivity contribution in [1.82, 2.24) is 0 Å². The SMILES string of the molecule is O=C([NH2+]CC(Cc1ccc(-c2ccccc2)cc1)C(=O)O)c1cc(Cl)ccc1N(Cc1cccc2ccccc12)S(=O)(=O)c1ccc(-c2ccccc2)cc1. The Balaban J connectivity index is 1.20. The van der Waals surface area contributed by atoms with Crippen LogP contribution < -0.4 is 9.62 Å². The third-order valence-corrected chi connectivity index (χ3v) is 11.7. The maximum absolute atomic E-state index is 14.7. The van der Waals surface area contributed by atoms with Gasteiger partial charge in [0.2, 0.25) is 0 Å². The summed E-state index contributed by atoms with van der Waals surface area (Å²) in [5.74, 6) is -2.46. The molecule has 1 unspecified atom stereocenters. The number of fused-ring (bicyclic) bond motifs is 1. The molecule has 7 aromatic rings. The Morgan fingerprint density at radius 1 is 0.655 bits per heavy atom. The zero-order chi connectivity index (χ0) is 38.4. The van der Waals surface area contributed by atoms with Gasteiger partial charge in [0.1, 0.15) is 11.5 Å². The highest BCUT2D eigenvalue weighted by Crippen LogP contribution is 2.33. The lowest BCUT2D eigenvalue weighted by Crippen LogP contribution is -2.89. The number of aliphatic carboxylic acids is 1. The lowest BCUT2D eigenvalue weighted by atomic mass is 9.97. The number of hydrogen-bond acceptors (Lipinski definition) is 4. The quantitative estimate of drug-likeness (QED) is 0.122. The maximum Gasteiger partial charge on any atom is 0.344 e. The molecule has 0 spiro atoms. The van der Waals surface area contributed by atoms with Gasteiger partial charge < -0.3 is 5.11 Å². The van der Waals surface area contributed by atoms with Gasteiger partial charge in [0.05, 0.1) is 23.7 Å². The highest BCUT2D eigenvalue weighted by atomic mass is 35.5. The van der Waals surface area contributed by atoms with Crippen LogP contribution >= 0.6 is 11.6 Å². The molecule has 1 atom stereocenters. The fourth-order valence-corrected chi connectivity index (χ4v) is 8.40. The van der Waals surface area contributed by atoms with E-state index < -0.39 is 27.8 Å². The number of halogens is 1. The van der Waals surface area contributed by atoms with Crippen LogP contribution in [0.5, 0.6) is 0 Å². The minimum Gasteiger partial charge on any atom is -0.481 e. The van der Waals surface area contributed by atoms with Gasteiger partial charge in [-0.25, -0.2) is 13.2 Å². The molecule has 3 N–H and O–H groups in total. The van der Waals surface area contributed by atoms with E-state index in [9.17, 15) is 23.1 Å². The number of quaternary nitrogens is 1. The maximum atomic E-state index is 14.7. The molecule has 0 saturated carbocycles. The van der Waals surface area contributed by atoms with E-state index in [1.807, 2.05) is 127 Å². The molecule has 0 heterocycles. The van der Waals surface area contributed by atoms with Gasteiger partial charge in [0, 0.05) is 5.02 Å². The molecule has 0 saturated heterocycles. The van der Waals surface area contributed by atoms with Crippen molar-refractivity contribution >= 4 is 50.0 Å². The average Bonchev–Trinajstić information content (AvgIpc) is 3.22. The third kappa shape index (κ3) is 8.53. The van der Waals surface area contributed by atoms with Gasteiger partial charge in [-0.1, -0.05) is 151 Å². The van der Waals surface area contributed by atoms with Gasteiger partial charge in [-0.15, -0.1) is 0 Å². The largest absolute Gasteiger partial charge is 0.481 e. The fraction of sp³-hybridized carbons (Fsp3) is 0.0870. The number of carbonyl (C=O) groups is 2. The van der Waals surface area contributed by atoms with Crippen LogP contribution in [-0.4, -0.2) is 31.9 Å². The number of carbonyl (C=O) groups excluding carboxylic acids is 1. The average molecular weight is 766 g/mol. The number of amides is 1. The molecular weight excluding hydrogens is 728 g/mol. The van der Waals surface area contributed by atoms with E-state index >= 15 is 0 Å². The highest BCUT2D eigenvalue weighted by Gasteiger charge is 2.31. The molecule has 0 bridgehead atoms. The van der Waals surface area contributed by atoms with Gasteiger partial charge in [0.25, 0.3) is 10.0 Å². The zero-order valence-corrected chi connectivity index (χ0v) is 31.3. The van der Waals surface area contributed by atoms with Crippen LogP contribution in [0, 0.1) is 5.92 Å². The molecule has 7 aromatic carbocycles. The molecule has 1 amide bonds. The summed E-state index contributed by atoms with van der Waals surface area (Å²) in [7, 11) is -4.27. The van der Waals surface area contributed by atoms with Crippen molar-refractivity contribution in [2.75, 3.05) is 10.8 Å². The van der Waals surface area contributed by atoms with Crippen molar-refractivity contribution in [3.8, 4) is 22.3 Å². The number of carboxylic acids is 1. The summed E-state index contributed by atoms with van der Waals surface area (Å²) in [5.41, 5.74) is 5.62.